The lowest BCUT2D eigenvalue weighted by Gasteiger charge is -2.42. The quantitative estimate of drug-likeness (QED) is 0.621. The highest BCUT2D eigenvalue weighted by Gasteiger charge is 2.43. The van der Waals surface area contributed by atoms with Gasteiger partial charge < -0.3 is 24.8 Å². The third-order valence-corrected chi connectivity index (χ3v) is 6.63. The highest BCUT2D eigenvalue weighted by Crippen LogP contribution is 2.36. The van der Waals surface area contributed by atoms with Gasteiger partial charge in [0.25, 0.3) is 5.91 Å². The molecular formula is C26H30N4O3. The molecular weight excluding hydrogens is 416 g/mol. The zero-order valence-electron chi connectivity index (χ0n) is 19.1. The Morgan fingerprint density at radius 1 is 1.03 bits per heavy atom. The zero-order valence-corrected chi connectivity index (χ0v) is 19.1. The monoisotopic (exact) mass is 446 g/mol. The minimum atomic E-state index is -0.525. The normalized spacial score (nSPS) is 17.5. The molecule has 0 saturated carbocycles. The van der Waals surface area contributed by atoms with Gasteiger partial charge in [0.1, 0.15) is 11.4 Å². The third kappa shape index (κ3) is 4.15. The SMILES string of the molecule is CC(C)NC(=O)N1CCC2(CC1)CN(C(=O)c1cccc3[nH]ccc13)Cc1ccccc1O2. The average molecular weight is 447 g/mol. The Balaban J connectivity index is 1.44. The number of aromatic nitrogens is 1. The summed E-state index contributed by atoms with van der Waals surface area (Å²) >= 11 is 0. The summed E-state index contributed by atoms with van der Waals surface area (Å²) in [6, 6.07) is 15.7. The first-order valence-corrected chi connectivity index (χ1v) is 11.6. The summed E-state index contributed by atoms with van der Waals surface area (Å²) in [7, 11) is 0. The van der Waals surface area contributed by atoms with Crippen LogP contribution in [0.25, 0.3) is 10.9 Å². The average Bonchev–Trinajstić information content (AvgIpc) is 3.22. The molecule has 0 aliphatic carbocycles. The highest BCUT2D eigenvalue weighted by molar-refractivity contribution is 6.06. The van der Waals surface area contributed by atoms with Gasteiger partial charge in [-0.25, -0.2) is 4.79 Å². The number of carbonyl (C=O) groups excluding carboxylic acids is 2. The fraction of sp³-hybridized carbons (Fsp3) is 0.385. The van der Waals surface area contributed by atoms with Crippen molar-refractivity contribution >= 4 is 22.8 Å². The minimum Gasteiger partial charge on any atom is -0.485 e. The minimum absolute atomic E-state index is 0.000131. The number of nitrogens with zero attached hydrogens (tertiary/aromatic N) is 2. The van der Waals surface area contributed by atoms with Crippen molar-refractivity contribution in [1.29, 1.82) is 0 Å². The van der Waals surface area contributed by atoms with Crippen molar-refractivity contribution in [3.05, 3.63) is 65.9 Å². The topological polar surface area (TPSA) is 77.7 Å². The van der Waals surface area contributed by atoms with Gasteiger partial charge in [-0.3, -0.25) is 4.79 Å². The second-order valence-electron chi connectivity index (χ2n) is 9.39. The zero-order chi connectivity index (χ0) is 23.0. The Morgan fingerprint density at radius 3 is 2.61 bits per heavy atom. The van der Waals surface area contributed by atoms with Crippen LogP contribution in [-0.2, 0) is 6.54 Å². The summed E-state index contributed by atoms with van der Waals surface area (Å²) in [5.74, 6) is 0.826. The Kier molecular flexibility index (Phi) is 5.48. The molecule has 3 heterocycles. The molecule has 7 nitrogen and oxygen atoms in total. The molecule has 172 valence electrons. The van der Waals surface area contributed by atoms with Crippen LogP contribution in [0.2, 0.25) is 0 Å². The molecule has 7 heteroatoms. The molecule has 2 aliphatic rings. The van der Waals surface area contributed by atoms with Crippen molar-refractivity contribution in [3.8, 4) is 5.75 Å². The lowest BCUT2D eigenvalue weighted by molar-refractivity contribution is -0.00761. The second-order valence-corrected chi connectivity index (χ2v) is 9.39. The molecule has 33 heavy (non-hydrogen) atoms. The van der Waals surface area contributed by atoms with Crippen LogP contribution in [0.15, 0.2) is 54.7 Å². The number of hydrogen-bond donors (Lipinski definition) is 2. The molecule has 3 aromatic rings. The number of carbonyl (C=O) groups is 2. The maximum absolute atomic E-state index is 13.8. The van der Waals surface area contributed by atoms with Crippen LogP contribution in [0.5, 0.6) is 5.75 Å². The Labute approximate surface area is 193 Å². The predicted octanol–water partition coefficient (Wildman–Crippen LogP) is 4.16. The van der Waals surface area contributed by atoms with E-state index in [1.165, 1.54) is 0 Å². The number of rotatable bonds is 2. The van der Waals surface area contributed by atoms with E-state index in [2.05, 4.69) is 10.3 Å². The number of nitrogens with one attached hydrogen (secondary N) is 2. The van der Waals surface area contributed by atoms with E-state index in [4.69, 9.17) is 4.74 Å². The molecule has 2 aromatic carbocycles. The van der Waals surface area contributed by atoms with E-state index in [1.54, 1.807) is 0 Å². The Morgan fingerprint density at radius 2 is 1.82 bits per heavy atom. The number of H-pyrrole nitrogens is 1. The first-order chi connectivity index (χ1) is 15.9. The van der Waals surface area contributed by atoms with Crippen LogP contribution in [0.3, 0.4) is 0 Å². The molecule has 1 aromatic heterocycles. The standard InChI is InChI=1S/C26H30N4O3/c1-18(2)28-25(32)29-14-11-26(12-15-29)17-30(16-19-6-3-4-9-23(19)33-26)24(31)21-7-5-8-22-20(21)10-13-27-22/h3-10,13,18,27H,11-12,14-17H2,1-2H3,(H,28,32). The van der Waals surface area contributed by atoms with Crippen LogP contribution in [0.1, 0.15) is 42.6 Å². The van der Waals surface area contributed by atoms with Gasteiger partial charge in [-0.15, -0.1) is 0 Å². The van der Waals surface area contributed by atoms with Crippen LogP contribution in [0.4, 0.5) is 4.79 Å². The predicted molar refractivity (Wildman–Crippen MR) is 127 cm³/mol. The van der Waals surface area contributed by atoms with Crippen molar-refractivity contribution in [2.45, 2.75) is 44.9 Å². The first kappa shape index (κ1) is 21.4. The number of para-hydroxylation sites is 1. The molecule has 0 radical (unpaired) electrons. The number of likely N-dealkylation sites (tertiary alicyclic amines) is 1. The van der Waals surface area contributed by atoms with Crippen LogP contribution >= 0.6 is 0 Å². The third-order valence-electron chi connectivity index (χ3n) is 6.63. The van der Waals surface area contributed by atoms with E-state index in [0.29, 0.717) is 44.6 Å². The molecule has 2 N–H and O–H groups in total. The summed E-state index contributed by atoms with van der Waals surface area (Å²) in [5, 5.41) is 3.90. The van der Waals surface area contributed by atoms with Gasteiger partial charge in [0.2, 0.25) is 0 Å². The summed E-state index contributed by atoms with van der Waals surface area (Å²) in [5.41, 5.74) is 2.12. The molecule has 5 rings (SSSR count). The van der Waals surface area contributed by atoms with E-state index >= 15 is 0 Å². The van der Waals surface area contributed by atoms with Gasteiger partial charge in [-0.1, -0.05) is 24.3 Å². The van der Waals surface area contributed by atoms with Crippen molar-refractivity contribution in [1.82, 2.24) is 20.1 Å². The molecule has 1 fully saturated rings. The smallest absolute Gasteiger partial charge is 0.317 e. The summed E-state index contributed by atoms with van der Waals surface area (Å²) in [4.78, 5) is 33.2. The molecule has 3 amide bonds. The first-order valence-electron chi connectivity index (χ1n) is 11.6. The van der Waals surface area contributed by atoms with Gasteiger partial charge >= 0.3 is 6.03 Å². The van der Waals surface area contributed by atoms with Crippen molar-refractivity contribution in [3.63, 3.8) is 0 Å². The van der Waals surface area contributed by atoms with Gasteiger partial charge in [-0.2, -0.15) is 0 Å². The number of hydrogen-bond acceptors (Lipinski definition) is 3. The molecule has 0 bridgehead atoms. The molecule has 0 atom stereocenters. The lowest BCUT2D eigenvalue weighted by atomic mass is 9.90. The van der Waals surface area contributed by atoms with Gasteiger partial charge in [0.05, 0.1) is 6.54 Å². The fourth-order valence-electron chi connectivity index (χ4n) is 4.91. The van der Waals surface area contributed by atoms with Crippen LogP contribution in [0, 0.1) is 0 Å². The maximum Gasteiger partial charge on any atom is 0.317 e. The van der Waals surface area contributed by atoms with E-state index in [1.807, 2.05) is 78.4 Å². The Hall–Kier alpha value is -3.48. The summed E-state index contributed by atoms with van der Waals surface area (Å²) < 4.78 is 6.62. The number of aromatic amines is 1. The number of piperidine rings is 1. The highest BCUT2D eigenvalue weighted by atomic mass is 16.5. The second kappa shape index (κ2) is 8.46. The lowest BCUT2D eigenvalue weighted by Crippen LogP contribution is -2.56. The van der Waals surface area contributed by atoms with E-state index < -0.39 is 5.60 Å². The summed E-state index contributed by atoms with van der Waals surface area (Å²) in [6.45, 7) is 6.09. The number of ether oxygens (including phenoxy) is 1. The number of amides is 3. The van der Waals surface area contributed by atoms with Crippen molar-refractivity contribution < 1.29 is 14.3 Å². The van der Waals surface area contributed by atoms with Crippen LogP contribution < -0.4 is 10.1 Å². The van der Waals surface area contributed by atoms with Crippen molar-refractivity contribution in [2.24, 2.45) is 0 Å². The van der Waals surface area contributed by atoms with E-state index in [-0.39, 0.29) is 18.0 Å². The molecule has 0 unspecified atom stereocenters. The largest absolute Gasteiger partial charge is 0.485 e. The number of benzene rings is 2. The van der Waals surface area contributed by atoms with E-state index in [9.17, 15) is 9.59 Å². The summed E-state index contributed by atoms with van der Waals surface area (Å²) in [6.07, 6.45) is 3.21. The maximum atomic E-state index is 13.8. The number of urea groups is 1. The molecule has 1 spiro atoms. The molecule has 2 aliphatic heterocycles. The van der Waals surface area contributed by atoms with E-state index in [0.717, 1.165) is 22.2 Å². The molecule has 1 saturated heterocycles. The van der Waals surface area contributed by atoms with Gasteiger partial charge in [-0.05, 0) is 38.1 Å². The van der Waals surface area contributed by atoms with Crippen molar-refractivity contribution in [2.75, 3.05) is 19.6 Å². The van der Waals surface area contributed by atoms with Crippen LogP contribution in [-0.4, -0.2) is 58.0 Å². The fourth-order valence-corrected chi connectivity index (χ4v) is 4.91. The number of fused-ring (bicyclic) bond motifs is 2. The Bertz CT molecular complexity index is 1180. The van der Waals surface area contributed by atoms with Gasteiger partial charge in [0.15, 0.2) is 0 Å². The van der Waals surface area contributed by atoms with Gasteiger partial charge in [0, 0.05) is 66.7 Å².